The Labute approximate surface area is 196 Å². The first-order valence-electron chi connectivity index (χ1n) is 10.5. The van der Waals surface area contributed by atoms with Gasteiger partial charge in [0.2, 0.25) is 10.0 Å². The van der Waals surface area contributed by atoms with Crippen molar-refractivity contribution < 1.29 is 31.4 Å². The molecular formula is C22H26ClF3N2O4S. The number of sulfonamides is 1. The number of alkyl halides is 3. The van der Waals surface area contributed by atoms with E-state index in [-0.39, 0.29) is 30.7 Å². The second-order valence-corrected chi connectivity index (χ2v) is 10.1. The maximum absolute atomic E-state index is 12.9. The zero-order valence-electron chi connectivity index (χ0n) is 17.8. The van der Waals surface area contributed by atoms with Gasteiger partial charge in [-0.05, 0) is 67.7 Å². The number of nitrogens with one attached hydrogen (secondary N) is 1. The first kappa shape index (κ1) is 25.8. The van der Waals surface area contributed by atoms with Gasteiger partial charge in [0, 0.05) is 13.1 Å². The Morgan fingerprint density at radius 3 is 2.39 bits per heavy atom. The SMILES string of the molecule is O=S(=O)(NCC1CCN(Cc2ccc(OCCO)cc2)CC1)c1cc(C(F)(F)F)ccc1Cl. The van der Waals surface area contributed by atoms with Gasteiger partial charge in [0.05, 0.1) is 17.2 Å². The summed E-state index contributed by atoms with van der Waals surface area (Å²) in [5.41, 5.74) is 0.0539. The summed E-state index contributed by atoms with van der Waals surface area (Å²) in [6.07, 6.45) is -3.14. The van der Waals surface area contributed by atoms with Crippen LogP contribution in [0.25, 0.3) is 0 Å². The molecule has 3 rings (SSSR count). The van der Waals surface area contributed by atoms with Gasteiger partial charge < -0.3 is 9.84 Å². The second kappa shape index (κ2) is 11.1. The fraction of sp³-hybridized carbons (Fsp3) is 0.455. The van der Waals surface area contributed by atoms with Gasteiger partial charge in [0.25, 0.3) is 0 Å². The van der Waals surface area contributed by atoms with Crippen LogP contribution in [-0.2, 0) is 22.7 Å². The van der Waals surface area contributed by atoms with E-state index < -0.39 is 26.7 Å². The highest BCUT2D eigenvalue weighted by atomic mass is 35.5. The summed E-state index contributed by atoms with van der Waals surface area (Å²) in [4.78, 5) is 1.70. The maximum Gasteiger partial charge on any atom is 0.416 e. The van der Waals surface area contributed by atoms with Crippen LogP contribution in [0, 0.1) is 5.92 Å². The molecule has 0 atom stereocenters. The van der Waals surface area contributed by atoms with Crippen molar-refractivity contribution in [2.45, 2.75) is 30.5 Å². The van der Waals surface area contributed by atoms with Gasteiger partial charge in [-0.2, -0.15) is 13.2 Å². The molecular weight excluding hydrogens is 481 g/mol. The highest BCUT2D eigenvalue weighted by Gasteiger charge is 2.33. The molecule has 1 fully saturated rings. The zero-order chi connectivity index (χ0) is 24.1. The molecule has 1 saturated heterocycles. The van der Waals surface area contributed by atoms with E-state index in [4.69, 9.17) is 21.4 Å². The van der Waals surface area contributed by atoms with Crippen LogP contribution in [0.5, 0.6) is 5.75 Å². The van der Waals surface area contributed by atoms with E-state index in [0.717, 1.165) is 50.2 Å². The molecule has 1 heterocycles. The number of piperidine rings is 1. The van der Waals surface area contributed by atoms with Crippen LogP contribution in [0.4, 0.5) is 13.2 Å². The third kappa shape index (κ3) is 7.31. The first-order chi connectivity index (χ1) is 15.6. The summed E-state index contributed by atoms with van der Waals surface area (Å²) < 4.78 is 71.8. The molecule has 33 heavy (non-hydrogen) atoms. The Bertz CT molecular complexity index is 1020. The number of aliphatic hydroxyl groups is 1. The number of rotatable bonds is 9. The van der Waals surface area contributed by atoms with Crippen molar-refractivity contribution >= 4 is 21.6 Å². The van der Waals surface area contributed by atoms with Crippen molar-refractivity contribution in [1.82, 2.24) is 9.62 Å². The number of nitrogens with zero attached hydrogens (tertiary/aromatic N) is 1. The molecule has 0 aromatic heterocycles. The molecule has 0 unspecified atom stereocenters. The van der Waals surface area contributed by atoms with Gasteiger partial charge in [-0.25, -0.2) is 13.1 Å². The van der Waals surface area contributed by atoms with Crippen molar-refractivity contribution in [2.24, 2.45) is 5.92 Å². The number of likely N-dealkylation sites (tertiary alicyclic amines) is 1. The fourth-order valence-electron chi connectivity index (χ4n) is 3.65. The lowest BCUT2D eigenvalue weighted by Crippen LogP contribution is -2.38. The van der Waals surface area contributed by atoms with Gasteiger partial charge >= 0.3 is 6.18 Å². The van der Waals surface area contributed by atoms with Crippen LogP contribution < -0.4 is 9.46 Å². The number of aliphatic hydroxyl groups excluding tert-OH is 1. The first-order valence-corrected chi connectivity index (χ1v) is 12.4. The number of hydrogen-bond acceptors (Lipinski definition) is 5. The Morgan fingerprint density at radius 1 is 1.12 bits per heavy atom. The van der Waals surface area contributed by atoms with E-state index in [0.29, 0.717) is 11.8 Å². The average Bonchev–Trinajstić information content (AvgIpc) is 2.77. The monoisotopic (exact) mass is 506 g/mol. The number of hydrogen-bond donors (Lipinski definition) is 2. The van der Waals surface area contributed by atoms with Crippen molar-refractivity contribution in [3.63, 3.8) is 0 Å². The quantitative estimate of drug-likeness (QED) is 0.539. The van der Waals surface area contributed by atoms with E-state index in [1.54, 1.807) is 0 Å². The molecule has 11 heteroatoms. The molecule has 1 aliphatic heterocycles. The normalized spacial score (nSPS) is 16.2. The van der Waals surface area contributed by atoms with E-state index in [2.05, 4.69) is 9.62 Å². The van der Waals surface area contributed by atoms with Crippen molar-refractivity contribution in [2.75, 3.05) is 32.8 Å². The van der Waals surface area contributed by atoms with Crippen LogP contribution in [0.15, 0.2) is 47.4 Å². The molecule has 182 valence electrons. The summed E-state index contributed by atoms with van der Waals surface area (Å²) in [6.45, 7) is 2.65. The molecule has 6 nitrogen and oxygen atoms in total. The van der Waals surface area contributed by atoms with E-state index >= 15 is 0 Å². The Kier molecular flexibility index (Phi) is 8.63. The second-order valence-electron chi connectivity index (χ2n) is 7.93. The highest BCUT2D eigenvalue weighted by molar-refractivity contribution is 7.89. The smallest absolute Gasteiger partial charge is 0.416 e. The van der Waals surface area contributed by atoms with Crippen molar-refractivity contribution in [3.8, 4) is 5.75 Å². The van der Waals surface area contributed by atoms with E-state index in [9.17, 15) is 21.6 Å². The summed E-state index contributed by atoms with van der Waals surface area (Å²) in [5, 5.41) is 8.54. The lowest BCUT2D eigenvalue weighted by Gasteiger charge is -2.32. The zero-order valence-corrected chi connectivity index (χ0v) is 19.4. The van der Waals surface area contributed by atoms with E-state index in [1.807, 2.05) is 24.3 Å². The summed E-state index contributed by atoms with van der Waals surface area (Å²) >= 11 is 5.87. The van der Waals surface area contributed by atoms with Crippen LogP contribution in [0.3, 0.4) is 0 Å². The molecule has 0 amide bonds. The Hall–Kier alpha value is -1.85. The predicted octanol–water partition coefficient (Wildman–Crippen LogP) is 3.92. The van der Waals surface area contributed by atoms with E-state index in [1.165, 1.54) is 0 Å². The summed E-state index contributed by atoms with van der Waals surface area (Å²) in [7, 11) is -4.17. The van der Waals surface area contributed by atoms with Crippen molar-refractivity contribution in [3.05, 3.63) is 58.6 Å². The fourth-order valence-corrected chi connectivity index (χ4v) is 5.29. The van der Waals surface area contributed by atoms with Crippen LogP contribution in [0.2, 0.25) is 5.02 Å². The standard InChI is InChI=1S/C22H26ClF3N2O4S/c23-20-6-3-18(22(24,25)26)13-21(20)33(30,31)27-14-16-7-9-28(10-8-16)15-17-1-4-19(5-2-17)32-12-11-29/h1-6,13,16,27,29H,7-12,14-15H2. The average molecular weight is 507 g/mol. The Balaban J connectivity index is 1.50. The highest BCUT2D eigenvalue weighted by Crippen LogP contribution is 2.33. The summed E-state index contributed by atoms with van der Waals surface area (Å²) in [6, 6.07) is 9.90. The van der Waals surface area contributed by atoms with Gasteiger partial charge in [-0.1, -0.05) is 23.7 Å². The maximum atomic E-state index is 12.9. The van der Waals surface area contributed by atoms with Crippen molar-refractivity contribution in [1.29, 1.82) is 0 Å². The van der Waals surface area contributed by atoms with Crippen LogP contribution in [0.1, 0.15) is 24.0 Å². The third-order valence-corrected chi connectivity index (χ3v) is 7.41. The van der Waals surface area contributed by atoms with Crippen LogP contribution in [-0.4, -0.2) is 51.3 Å². The minimum absolute atomic E-state index is 0.0418. The van der Waals surface area contributed by atoms with Gasteiger partial charge in [-0.15, -0.1) is 0 Å². The molecule has 2 N–H and O–H groups in total. The number of halogens is 4. The Morgan fingerprint density at radius 2 is 1.79 bits per heavy atom. The number of ether oxygens (including phenoxy) is 1. The molecule has 0 aliphatic carbocycles. The topological polar surface area (TPSA) is 78.9 Å². The van der Waals surface area contributed by atoms with Crippen LogP contribution >= 0.6 is 11.6 Å². The predicted molar refractivity (Wildman–Crippen MR) is 119 cm³/mol. The molecule has 0 bridgehead atoms. The minimum Gasteiger partial charge on any atom is -0.491 e. The minimum atomic E-state index is -4.66. The lowest BCUT2D eigenvalue weighted by molar-refractivity contribution is -0.137. The van der Waals surface area contributed by atoms with Gasteiger partial charge in [-0.3, -0.25) is 4.90 Å². The summed E-state index contributed by atoms with van der Waals surface area (Å²) in [5.74, 6) is 0.773. The van der Waals surface area contributed by atoms with Gasteiger partial charge in [0.1, 0.15) is 17.3 Å². The van der Waals surface area contributed by atoms with Gasteiger partial charge in [0.15, 0.2) is 0 Å². The molecule has 2 aromatic rings. The molecule has 1 aliphatic rings. The molecule has 0 saturated carbocycles. The molecule has 2 aromatic carbocycles. The molecule has 0 radical (unpaired) electrons. The number of benzene rings is 2. The third-order valence-electron chi connectivity index (χ3n) is 5.51. The lowest BCUT2D eigenvalue weighted by atomic mass is 9.97. The largest absolute Gasteiger partial charge is 0.491 e. The molecule has 0 spiro atoms.